The molecule has 0 bridgehead atoms. The lowest BCUT2D eigenvalue weighted by Crippen LogP contribution is -2.31. The van der Waals surface area contributed by atoms with Crippen molar-refractivity contribution in [3.05, 3.63) is 65.1 Å². The van der Waals surface area contributed by atoms with Crippen LogP contribution in [0.1, 0.15) is 67.1 Å². The number of carbonyl (C=O) groups excluding carboxylic acids is 2. The van der Waals surface area contributed by atoms with Crippen molar-refractivity contribution in [3.8, 4) is 0 Å². The SMILES string of the molecule is CC(=O)CCC(=O)OC(Cn1c2c(c3cc(C)ccc31)C1CCCN1CC2)c1ccncc1. The summed E-state index contributed by atoms with van der Waals surface area (Å²) in [4.78, 5) is 30.7. The van der Waals surface area contributed by atoms with Gasteiger partial charge in [0.05, 0.1) is 13.0 Å². The number of ether oxygens (including phenoxy) is 1. The van der Waals surface area contributed by atoms with Crippen molar-refractivity contribution in [2.45, 2.75) is 64.6 Å². The molecule has 2 unspecified atom stereocenters. The Morgan fingerprint density at radius 2 is 1.97 bits per heavy atom. The van der Waals surface area contributed by atoms with Gasteiger partial charge in [0.25, 0.3) is 0 Å². The lowest BCUT2D eigenvalue weighted by atomic mass is 9.95. The molecule has 4 heterocycles. The predicted molar refractivity (Wildman–Crippen MR) is 127 cm³/mol. The highest BCUT2D eigenvalue weighted by molar-refractivity contribution is 5.87. The summed E-state index contributed by atoms with van der Waals surface area (Å²) in [6.07, 6.45) is 6.79. The molecular weight excluding hydrogens is 414 g/mol. The van der Waals surface area contributed by atoms with E-state index >= 15 is 0 Å². The molecule has 2 atom stereocenters. The van der Waals surface area contributed by atoms with Crippen LogP contribution in [-0.4, -0.2) is 39.3 Å². The maximum absolute atomic E-state index is 12.6. The van der Waals surface area contributed by atoms with Crippen LogP contribution in [-0.2, 0) is 27.3 Å². The molecule has 172 valence electrons. The third kappa shape index (κ3) is 4.32. The molecular formula is C27H31N3O3. The second-order valence-corrected chi connectivity index (χ2v) is 9.40. The summed E-state index contributed by atoms with van der Waals surface area (Å²) >= 11 is 0. The van der Waals surface area contributed by atoms with Gasteiger partial charge in [-0.3, -0.25) is 14.7 Å². The van der Waals surface area contributed by atoms with Gasteiger partial charge in [0.1, 0.15) is 11.9 Å². The number of nitrogens with zero attached hydrogens (tertiary/aromatic N) is 3. The van der Waals surface area contributed by atoms with E-state index in [0.717, 1.165) is 18.5 Å². The van der Waals surface area contributed by atoms with E-state index in [-0.39, 0.29) is 24.6 Å². The standard InChI is InChI=1S/C27H31N3O3/c1-18-5-7-22-21(16-18)27-23-4-3-14-29(23)15-11-24(27)30(22)17-25(20-9-12-28-13-10-20)33-26(32)8-6-19(2)31/h5,7,9-10,12-13,16,23,25H,3-4,6,8,11,14-15,17H2,1-2H3. The first-order valence-corrected chi connectivity index (χ1v) is 12.0. The minimum Gasteiger partial charge on any atom is -0.456 e. The van der Waals surface area contributed by atoms with Crippen molar-refractivity contribution < 1.29 is 14.3 Å². The number of esters is 1. The van der Waals surface area contributed by atoms with Crippen LogP contribution >= 0.6 is 0 Å². The van der Waals surface area contributed by atoms with Crippen molar-refractivity contribution >= 4 is 22.7 Å². The number of hydrogen-bond acceptors (Lipinski definition) is 5. The van der Waals surface area contributed by atoms with Crippen molar-refractivity contribution in [1.29, 1.82) is 0 Å². The zero-order valence-electron chi connectivity index (χ0n) is 19.4. The number of rotatable bonds is 7. The van der Waals surface area contributed by atoms with E-state index in [1.54, 1.807) is 12.4 Å². The zero-order valence-corrected chi connectivity index (χ0v) is 19.4. The van der Waals surface area contributed by atoms with E-state index in [0.29, 0.717) is 12.6 Å². The van der Waals surface area contributed by atoms with Crippen LogP contribution in [0.15, 0.2) is 42.7 Å². The Balaban J connectivity index is 1.54. The molecule has 6 nitrogen and oxygen atoms in total. The van der Waals surface area contributed by atoms with Gasteiger partial charge in [-0.1, -0.05) is 11.6 Å². The number of fused-ring (bicyclic) bond motifs is 5. The monoisotopic (exact) mass is 445 g/mol. The molecule has 0 spiro atoms. The molecule has 2 aromatic heterocycles. The average molecular weight is 446 g/mol. The highest BCUT2D eigenvalue weighted by Gasteiger charge is 2.36. The Hall–Kier alpha value is -2.99. The van der Waals surface area contributed by atoms with E-state index < -0.39 is 6.10 Å². The molecule has 0 N–H and O–H groups in total. The minimum atomic E-state index is -0.435. The van der Waals surface area contributed by atoms with E-state index in [4.69, 9.17) is 4.74 Å². The van der Waals surface area contributed by atoms with Crippen molar-refractivity contribution in [1.82, 2.24) is 14.5 Å². The number of aryl methyl sites for hydroxylation is 1. The summed E-state index contributed by atoms with van der Waals surface area (Å²) in [5.74, 6) is -0.343. The molecule has 1 aromatic carbocycles. The van der Waals surface area contributed by atoms with Gasteiger partial charge in [-0.2, -0.15) is 0 Å². The fourth-order valence-corrected chi connectivity index (χ4v) is 5.52. The van der Waals surface area contributed by atoms with E-state index in [2.05, 4.69) is 39.6 Å². The fraction of sp³-hybridized carbons (Fsp3) is 0.444. The summed E-state index contributed by atoms with van der Waals surface area (Å²) in [6, 6.07) is 11.0. The molecule has 1 saturated heterocycles. The van der Waals surface area contributed by atoms with Gasteiger partial charge in [0.2, 0.25) is 0 Å². The number of hydrogen-bond donors (Lipinski definition) is 0. The molecule has 2 aliphatic rings. The third-order valence-corrected chi connectivity index (χ3v) is 7.08. The van der Waals surface area contributed by atoms with Gasteiger partial charge >= 0.3 is 5.97 Å². The van der Waals surface area contributed by atoms with Gasteiger partial charge in [0, 0.05) is 54.4 Å². The Bertz CT molecular complexity index is 1180. The highest BCUT2D eigenvalue weighted by Crippen LogP contribution is 2.43. The highest BCUT2D eigenvalue weighted by atomic mass is 16.5. The van der Waals surface area contributed by atoms with Crippen LogP contribution in [0.5, 0.6) is 0 Å². The Labute approximate surface area is 194 Å². The minimum absolute atomic E-state index is 0.00521. The Morgan fingerprint density at radius 1 is 1.15 bits per heavy atom. The maximum atomic E-state index is 12.6. The number of aromatic nitrogens is 2. The molecule has 0 saturated carbocycles. The second-order valence-electron chi connectivity index (χ2n) is 9.40. The predicted octanol–water partition coefficient (Wildman–Crippen LogP) is 4.69. The third-order valence-electron chi connectivity index (χ3n) is 7.08. The number of pyridine rings is 1. The summed E-state index contributed by atoms with van der Waals surface area (Å²) in [6.45, 7) is 6.45. The van der Waals surface area contributed by atoms with Crippen LogP contribution in [0.4, 0.5) is 0 Å². The van der Waals surface area contributed by atoms with Crippen LogP contribution in [0.2, 0.25) is 0 Å². The number of Topliss-reactive ketones (excluding diaryl/α,β-unsaturated/α-hetero) is 1. The van der Waals surface area contributed by atoms with Crippen molar-refractivity contribution in [2.24, 2.45) is 0 Å². The zero-order chi connectivity index (χ0) is 22.9. The first kappa shape index (κ1) is 21.8. The second kappa shape index (κ2) is 9.10. The van der Waals surface area contributed by atoms with Gasteiger partial charge in [-0.25, -0.2) is 0 Å². The molecule has 0 amide bonds. The lowest BCUT2D eigenvalue weighted by molar-refractivity contribution is -0.151. The molecule has 0 radical (unpaired) electrons. The lowest BCUT2D eigenvalue weighted by Gasteiger charge is -2.31. The summed E-state index contributed by atoms with van der Waals surface area (Å²) in [5, 5.41) is 1.33. The molecule has 33 heavy (non-hydrogen) atoms. The number of benzene rings is 1. The van der Waals surface area contributed by atoms with Gasteiger partial charge in [-0.05, 0) is 68.6 Å². The molecule has 6 heteroatoms. The van der Waals surface area contributed by atoms with Gasteiger partial charge in [-0.15, -0.1) is 0 Å². The first-order chi connectivity index (χ1) is 16.0. The average Bonchev–Trinajstić information content (AvgIpc) is 3.40. The van der Waals surface area contributed by atoms with Crippen LogP contribution in [0, 0.1) is 6.92 Å². The number of carbonyl (C=O) groups is 2. The van der Waals surface area contributed by atoms with E-state index in [1.165, 1.54) is 54.0 Å². The molecule has 0 aliphatic carbocycles. The quantitative estimate of drug-likeness (QED) is 0.494. The van der Waals surface area contributed by atoms with Crippen molar-refractivity contribution in [2.75, 3.05) is 13.1 Å². The topological polar surface area (TPSA) is 64.4 Å². The number of ketones is 1. The summed E-state index contributed by atoms with van der Waals surface area (Å²) in [5.41, 5.74) is 6.23. The Morgan fingerprint density at radius 3 is 2.76 bits per heavy atom. The van der Waals surface area contributed by atoms with Crippen LogP contribution in [0.25, 0.3) is 10.9 Å². The van der Waals surface area contributed by atoms with Crippen molar-refractivity contribution in [3.63, 3.8) is 0 Å². The first-order valence-electron chi connectivity index (χ1n) is 12.0. The van der Waals surface area contributed by atoms with E-state index in [1.807, 2.05) is 12.1 Å². The Kier molecular flexibility index (Phi) is 6.02. The largest absolute Gasteiger partial charge is 0.456 e. The molecule has 2 aliphatic heterocycles. The van der Waals surface area contributed by atoms with Crippen LogP contribution in [0.3, 0.4) is 0 Å². The summed E-state index contributed by atoms with van der Waals surface area (Å²) in [7, 11) is 0. The van der Waals surface area contributed by atoms with E-state index in [9.17, 15) is 9.59 Å². The van der Waals surface area contributed by atoms with Crippen LogP contribution < -0.4 is 0 Å². The molecule has 5 rings (SSSR count). The normalized spacial score (nSPS) is 18.7. The molecule has 3 aromatic rings. The summed E-state index contributed by atoms with van der Waals surface area (Å²) < 4.78 is 8.34. The molecule has 1 fully saturated rings. The fourth-order valence-electron chi connectivity index (χ4n) is 5.52. The van der Waals surface area contributed by atoms with Gasteiger partial charge < -0.3 is 14.1 Å². The van der Waals surface area contributed by atoms with Gasteiger partial charge in [0.15, 0.2) is 0 Å². The maximum Gasteiger partial charge on any atom is 0.306 e. The smallest absolute Gasteiger partial charge is 0.306 e.